The molecule has 116 valence electrons. The van der Waals surface area contributed by atoms with Gasteiger partial charge in [-0.25, -0.2) is 0 Å². The van der Waals surface area contributed by atoms with E-state index in [2.05, 4.69) is 23.4 Å². The van der Waals surface area contributed by atoms with E-state index in [1.54, 1.807) is 0 Å². The molecule has 1 heterocycles. The first kappa shape index (κ1) is 15.1. The standard InChI is InChI=1S/C17H19ClN2O2/c1-11-13(17(18)22-19-11)8-10-16(21)20(2)15-9-7-12-5-3-4-6-14(12)15/h3-6,15H,7-10H2,1-2H3/t15-/m1/s1. The van der Waals surface area contributed by atoms with Gasteiger partial charge in [0.2, 0.25) is 11.1 Å². The number of benzene rings is 1. The van der Waals surface area contributed by atoms with E-state index in [1.807, 2.05) is 24.9 Å². The molecule has 5 heteroatoms. The lowest BCUT2D eigenvalue weighted by Crippen LogP contribution is -2.30. The van der Waals surface area contributed by atoms with Crippen molar-refractivity contribution in [2.45, 2.75) is 38.6 Å². The van der Waals surface area contributed by atoms with E-state index >= 15 is 0 Å². The summed E-state index contributed by atoms with van der Waals surface area (Å²) in [6.45, 7) is 1.84. The summed E-state index contributed by atoms with van der Waals surface area (Å²) in [4.78, 5) is 14.4. The molecule has 1 aliphatic rings. The Balaban J connectivity index is 1.66. The molecule has 0 spiro atoms. The number of rotatable bonds is 4. The third-order valence-corrected chi connectivity index (χ3v) is 4.78. The summed E-state index contributed by atoms with van der Waals surface area (Å²) in [5.41, 5.74) is 4.21. The SMILES string of the molecule is Cc1noc(Cl)c1CCC(=O)N(C)[C@@H]1CCc2ccccc21. The molecule has 0 saturated heterocycles. The molecule has 1 amide bonds. The molecule has 3 rings (SSSR count). The van der Waals surface area contributed by atoms with Crippen molar-refractivity contribution in [1.29, 1.82) is 0 Å². The highest BCUT2D eigenvalue weighted by Gasteiger charge is 2.28. The van der Waals surface area contributed by atoms with Crippen molar-refractivity contribution in [2.75, 3.05) is 7.05 Å². The number of aryl methyl sites for hydroxylation is 2. The highest BCUT2D eigenvalue weighted by molar-refractivity contribution is 6.29. The molecule has 1 aromatic heterocycles. The lowest BCUT2D eigenvalue weighted by atomic mass is 10.1. The number of halogens is 1. The minimum Gasteiger partial charge on any atom is -0.344 e. The summed E-state index contributed by atoms with van der Waals surface area (Å²) in [6.07, 6.45) is 3.01. The van der Waals surface area contributed by atoms with Gasteiger partial charge in [0.25, 0.3) is 0 Å². The van der Waals surface area contributed by atoms with Crippen LogP contribution in [0, 0.1) is 6.92 Å². The molecule has 1 atom stereocenters. The van der Waals surface area contributed by atoms with Crippen LogP contribution in [0.2, 0.25) is 5.22 Å². The Morgan fingerprint density at radius 3 is 2.95 bits per heavy atom. The smallest absolute Gasteiger partial charge is 0.229 e. The monoisotopic (exact) mass is 318 g/mol. The lowest BCUT2D eigenvalue weighted by molar-refractivity contribution is -0.132. The van der Waals surface area contributed by atoms with Gasteiger partial charge in [-0.15, -0.1) is 0 Å². The summed E-state index contributed by atoms with van der Waals surface area (Å²) in [5.74, 6) is 0.123. The minimum absolute atomic E-state index is 0.123. The Morgan fingerprint density at radius 1 is 1.45 bits per heavy atom. The number of hydrogen-bond acceptors (Lipinski definition) is 3. The molecule has 4 nitrogen and oxygen atoms in total. The summed E-state index contributed by atoms with van der Waals surface area (Å²) >= 11 is 5.95. The first-order valence-electron chi connectivity index (χ1n) is 7.52. The number of nitrogens with zero attached hydrogens (tertiary/aromatic N) is 2. The number of fused-ring (bicyclic) bond motifs is 1. The summed E-state index contributed by atoms with van der Waals surface area (Å²) in [6, 6.07) is 8.55. The molecule has 0 unspecified atom stereocenters. The fraction of sp³-hybridized carbons (Fsp3) is 0.412. The van der Waals surface area contributed by atoms with Crippen molar-refractivity contribution >= 4 is 17.5 Å². The maximum atomic E-state index is 12.5. The maximum absolute atomic E-state index is 12.5. The molecule has 0 fully saturated rings. The quantitative estimate of drug-likeness (QED) is 0.863. The molecule has 0 bridgehead atoms. The van der Waals surface area contributed by atoms with Crippen molar-refractivity contribution in [2.24, 2.45) is 0 Å². The highest BCUT2D eigenvalue weighted by atomic mass is 35.5. The van der Waals surface area contributed by atoms with Crippen LogP contribution in [0.15, 0.2) is 28.8 Å². The van der Waals surface area contributed by atoms with Crippen molar-refractivity contribution in [3.63, 3.8) is 0 Å². The molecular formula is C17H19ClN2O2. The van der Waals surface area contributed by atoms with Crippen LogP contribution in [0.3, 0.4) is 0 Å². The molecule has 1 aliphatic carbocycles. The molecule has 0 N–H and O–H groups in total. The summed E-state index contributed by atoms with van der Waals surface area (Å²) in [5, 5.41) is 4.11. The number of aromatic nitrogens is 1. The fourth-order valence-electron chi connectivity index (χ4n) is 3.16. The van der Waals surface area contributed by atoms with Crippen LogP contribution in [0.1, 0.15) is 41.3 Å². The molecule has 2 aromatic rings. The maximum Gasteiger partial charge on any atom is 0.229 e. The van der Waals surface area contributed by atoms with Crippen molar-refractivity contribution in [1.82, 2.24) is 10.1 Å². The van der Waals surface area contributed by atoms with E-state index in [1.165, 1.54) is 11.1 Å². The average Bonchev–Trinajstić information content (AvgIpc) is 3.08. The predicted octanol–water partition coefficient (Wildman–Crippen LogP) is 3.71. The molecule has 0 aliphatic heterocycles. The van der Waals surface area contributed by atoms with Gasteiger partial charge in [0.1, 0.15) is 0 Å². The van der Waals surface area contributed by atoms with E-state index in [-0.39, 0.29) is 11.9 Å². The zero-order valence-corrected chi connectivity index (χ0v) is 13.6. The van der Waals surface area contributed by atoms with E-state index in [4.69, 9.17) is 16.1 Å². The van der Waals surface area contributed by atoms with Gasteiger partial charge in [0.15, 0.2) is 0 Å². The predicted molar refractivity (Wildman–Crippen MR) is 84.8 cm³/mol. The van der Waals surface area contributed by atoms with Crippen LogP contribution >= 0.6 is 11.6 Å². The third-order valence-electron chi connectivity index (χ3n) is 4.49. The van der Waals surface area contributed by atoms with Crippen LogP contribution in [0.4, 0.5) is 0 Å². The Hall–Kier alpha value is -1.81. The Bertz CT molecular complexity index is 676. The second kappa shape index (κ2) is 6.13. The lowest BCUT2D eigenvalue weighted by Gasteiger charge is -2.25. The Kier molecular flexibility index (Phi) is 4.21. The Morgan fingerprint density at radius 2 is 2.23 bits per heavy atom. The van der Waals surface area contributed by atoms with Gasteiger partial charge < -0.3 is 9.42 Å². The first-order valence-corrected chi connectivity index (χ1v) is 7.90. The topological polar surface area (TPSA) is 46.3 Å². The van der Waals surface area contributed by atoms with Gasteiger partial charge in [0.05, 0.1) is 11.7 Å². The van der Waals surface area contributed by atoms with Gasteiger partial charge in [-0.1, -0.05) is 29.4 Å². The van der Waals surface area contributed by atoms with Crippen LogP contribution in [-0.4, -0.2) is 23.0 Å². The van der Waals surface area contributed by atoms with Gasteiger partial charge in [-0.05, 0) is 48.9 Å². The number of carbonyl (C=O) groups is 1. The molecule has 1 aromatic carbocycles. The highest BCUT2D eigenvalue weighted by Crippen LogP contribution is 2.35. The van der Waals surface area contributed by atoms with Crippen LogP contribution in [0.25, 0.3) is 0 Å². The second-order valence-electron chi connectivity index (χ2n) is 5.78. The van der Waals surface area contributed by atoms with Crippen LogP contribution < -0.4 is 0 Å². The second-order valence-corrected chi connectivity index (χ2v) is 6.12. The van der Waals surface area contributed by atoms with E-state index in [0.29, 0.717) is 18.1 Å². The number of amides is 1. The average molecular weight is 319 g/mol. The Labute approximate surface area is 135 Å². The first-order chi connectivity index (χ1) is 10.6. The zero-order chi connectivity index (χ0) is 15.7. The number of carbonyl (C=O) groups excluding carboxylic acids is 1. The molecule has 0 saturated carbocycles. The van der Waals surface area contributed by atoms with E-state index in [9.17, 15) is 4.79 Å². The van der Waals surface area contributed by atoms with Crippen LogP contribution in [-0.2, 0) is 17.6 Å². The largest absolute Gasteiger partial charge is 0.344 e. The molecule has 0 radical (unpaired) electrons. The molecule has 22 heavy (non-hydrogen) atoms. The van der Waals surface area contributed by atoms with Gasteiger partial charge in [-0.3, -0.25) is 4.79 Å². The van der Waals surface area contributed by atoms with Gasteiger partial charge in [0, 0.05) is 19.0 Å². The molecular weight excluding hydrogens is 300 g/mol. The third kappa shape index (κ3) is 2.75. The normalized spacial score (nSPS) is 16.6. The van der Waals surface area contributed by atoms with Gasteiger partial charge in [-0.2, -0.15) is 0 Å². The summed E-state index contributed by atoms with van der Waals surface area (Å²) in [7, 11) is 1.89. The van der Waals surface area contributed by atoms with E-state index < -0.39 is 0 Å². The van der Waals surface area contributed by atoms with Crippen molar-refractivity contribution < 1.29 is 9.32 Å². The van der Waals surface area contributed by atoms with Crippen molar-refractivity contribution in [3.8, 4) is 0 Å². The minimum atomic E-state index is 0.123. The van der Waals surface area contributed by atoms with Gasteiger partial charge >= 0.3 is 0 Å². The van der Waals surface area contributed by atoms with Crippen molar-refractivity contribution in [3.05, 3.63) is 51.9 Å². The summed E-state index contributed by atoms with van der Waals surface area (Å²) < 4.78 is 4.92. The zero-order valence-electron chi connectivity index (χ0n) is 12.8. The number of hydrogen-bond donors (Lipinski definition) is 0. The fourth-order valence-corrected chi connectivity index (χ4v) is 3.42. The van der Waals surface area contributed by atoms with E-state index in [0.717, 1.165) is 24.1 Å². The van der Waals surface area contributed by atoms with Crippen LogP contribution in [0.5, 0.6) is 0 Å².